The highest BCUT2D eigenvalue weighted by atomic mass is 32.2. The highest BCUT2D eigenvalue weighted by Crippen LogP contribution is 2.29. The average molecular weight is 482 g/mol. The molecule has 0 radical (unpaired) electrons. The number of hydrogen-bond donors (Lipinski definition) is 0. The number of halogens is 3. The molecule has 1 saturated heterocycles. The van der Waals surface area contributed by atoms with Crippen LogP contribution in [0.15, 0.2) is 41.3 Å². The van der Waals surface area contributed by atoms with E-state index in [2.05, 4.69) is 15.3 Å². The number of carbonyl (C=O) groups excluding carboxylic acids is 1. The van der Waals surface area contributed by atoms with Crippen LogP contribution in [-0.2, 0) is 20.8 Å². The standard InChI is InChI=1S/C20H21F3N6O3S/c1-27(14-3-5-15(6-4-14)33(2,31)32)18(30)13-9-11-28(12-10-13)17-8-7-16-24-25-19(20(21,22)23)29(16)26-17/h3-8,13H,9-12H2,1-2H3. The summed E-state index contributed by atoms with van der Waals surface area (Å²) in [4.78, 5) is 16.4. The minimum absolute atomic E-state index is 0.000319. The van der Waals surface area contributed by atoms with Gasteiger partial charge in [-0.3, -0.25) is 4.79 Å². The maximum Gasteiger partial charge on any atom is 0.453 e. The molecular weight excluding hydrogens is 461 g/mol. The van der Waals surface area contributed by atoms with Gasteiger partial charge in [0.15, 0.2) is 15.5 Å². The fraction of sp³-hybridized carbons (Fsp3) is 0.400. The molecule has 0 atom stereocenters. The maximum absolute atomic E-state index is 13.1. The summed E-state index contributed by atoms with van der Waals surface area (Å²) in [5.41, 5.74) is 0.578. The van der Waals surface area contributed by atoms with Crippen molar-refractivity contribution in [2.45, 2.75) is 23.9 Å². The lowest BCUT2D eigenvalue weighted by Gasteiger charge is -2.33. The lowest BCUT2D eigenvalue weighted by molar-refractivity contribution is -0.146. The van der Waals surface area contributed by atoms with Gasteiger partial charge < -0.3 is 9.80 Å². The van der Waals surface area contributed by atoms with Crippen LogP contribution in [0.25, 0.3) is 5.65 Å². The third-order valence-electron chi connectivity index (χ3n) is 5.65. The zero-order valence-electron chi connectivity index (χ0n) is 17.8. The number of carbonyl (C=O) groups is 1. The van der Waals surface area contributed by atoms with Gasteiger partial charge in [-0.2, -0.15) is 17.7 Å². The minimum atomic E-state index is -4.67. The Morgan fingerprint density at radius 3 is 2.27 bits per heavy atom. The van der Waals surface area contributed by atoms with Crippen LogP contribution in [-0.4, -0.2) is 60.5 Å². The molecule has 3 aromatic rings. The van der Waals surface area contributed by atoms with Gasteiger partial charge in [0.2, 0.25) is 5.91 Å². The number of amides is 1. The molecule has 176 valence electrons. The number of aromatic nitrogens is 4. The molecule has 0 unspecified atom stereocenters. The molecule has 4 rings (SSSR count). The van der Waals surface area contributed by atoms with E-state index in [0.29, 0.717) is 42.0 Å². The Morgan fingerprint density at radius 1 is 1.06 bits per heavy atom. The Labute approximate surface area is 187 Å². The molecule has 33 heavy (non-hydrogen) atoms. The van der Waals surface area contributed by atoms with Gasteiger partial charge in [0, 0.05) is 38.0 Å². The Morgan fingerprint density at radius 2 is 1.70 bits per heavy atom. The van der Waals surface area contributed by atoms with E-state index in [4.69, 9.17) is 0 Å². The smallest absolute Gasteiger partial charge is 0.355 e. The molecule has 9 nitrogen and oxygen atoms in total. The lowest BCUT2D eigenvalue weighted by Crippen LogP contribution is -2.41. The van der Waals surface area contributed by atoms with E-state index in [-0.39, 0.29) is 22.4 Å². The number of alkyl halides is 3. The second kappa shape index (κ2) is 8.28. The topological polar surface area (TPSA) is 101 Å². The summed E-state index contributed by atoms with van der Waals surface area (Å²) < 4.78 is 63.2. The van der Waals surface area contributed by atoms with E-state index in [0.717, 1.165) is 6.26 Å². The van der Waals surface area contributed by atoms with E-state index in [1.165, 1.54) is 23.1 Å². The van der Waals surface area contributed by atoms with Crippen molar-refractivity contribution < 1.29 is 26.4 Å². The predicted molar refractivity (Wildman–Crippen MR) is 114 cm³/mol. The summed E-state index contributed by atoms with van der Waals surface area (Å²) in [6.07, 6.45) is -2.56. The van der Waals surface area contributed by atoms with Crippen molar-refractivity contribution in [2.75, 3.05) is 36.2 Å². The average Bonchev–Trinajstić information content (AvgIpc) is 3.21. The van der Waals surface area contributed by atoms with Crippen LogP contribution in [0.5, 0.6) is 0 Å². The van der Waals surface area contributed by atoms with Crippen molar-refractivity contribution in [1.29, 1.82) is 0 Å². The first-order chi connectivity index (χ1) is 15.4. The first-order valence-electron chi connectivity index (χ1n) is 10.1. The van der Waals surface area contributed by atoms with Crippen molar-refractivity contribution in [3.63, 3.8) is 0 Å². The van der Waals surface area contributed by atoms with Gasteiger partial charge in [0.1, 0.15) is 5.82 Å². The minimum Gasteiger partial charge on any atom is -0.355 e. The van der Waals surface area contributed by atoms with Gasteiger partial charge in [-0.25, -0.2) is 8.42 Å². The first-order valence-corrected chi connectivity index (χ1v) is 12.0. The Hall–Kier alpha value is -3.22. The van der Waals surface area contributed by atoms with Crippen LogP contribution in [0.1, 0.15) is 18.7 Å². The zero-order chi connectivity index (χ0) is 24.0. The molecule has 1 aliphatic heterocycles. The molecule has 0 spiro atoms. The first kappa shape index (κ1) is 23.0. The number of fused-ring (bicyclic) bond motifs is 1. The maximum atomic E-state index is 13.1. The number of hydrogen-bond acceptors (Lipinski definition) is 7. The van der Waals surface area contributed by atoms with Crippen LogP contribution >= 0.6 is 0 Å². The fourth-order valence-corrected chi connectivity index (χ4v) is 4.43. The highest BCUT2D eigenvalue weighted by molar-refractivity contribution is 7.90. The molecule has 2 aromatic heterocycles. The van der Waals surface area contributed by atoms with Gasteiger partial charge in [0.05, 0.1) is 4.90 Å². The molecule has 1 fully saturated rings. The van der Waals surface area contributed by atoms with Crippen molar-refractivity contribution >= 4 is 32.9 Å². The number of nitrogens with zero attached hydrogens (tertiary/aromatic N) is 6. The van der Waals surface area contributed by atoms with E-state index >= 15 is 0 Å². The molecule has 0 aliphatic carbocycles. The van der Waals surface area contributed by atoms with Crippen LogP contribution in [0, 0.1) is 5.92 Å². The summed E-state index contributed by atoms with van der Waals surface area (Å²) in [6.45, 7) is 0.887. The van der Waals surface area contributed by atoms with Gasteiger partial charge >= 0.3 is 6.18 Å². The summed E-state index contributed by atoms with van der Waals surface area (Å²) in [5.74, 6) is -1.22. The second-order valence-corrected chi connectivity index (χ2v) is 9.92. The Balaban J connectivity index is 1.43. The third kappa shape index (κ3) is 4.63. The molecule has 1 amide bonds. The van der Waals surface area contributed by atoms with E-state index in [9.17, 15) is 26.4 Å². The van der Waals surface area contributed by atoms with Crippen LogP contribution in [0.3, 0.4) is 0 Å². The number of rotatable bonds is 4. The number of piperidine rings is 1. The summed E-state index contributed by atoms with van der Waals surface area (Å²) >= 11 is 0. The SMILES string of the molecule is CN(C(=O)C1CCN(c2ccc3nnc(C(F)(F)F)n3n2)CC1)c1ccc(S(C)(=O)=O)cc1. The highest BCUT2D eigenvalue weighted by Gasteiger charge is 2.38. The van der Waals surface area contributed by atoms with E-state index in [1.807, 2.05) is 4.90 Å². The van der Waals surface area contributed by atoms with Crippen molar-refractivity contribution in [3.05, 3.63) is 42.2 Å². The zero-order valence-corrected chi connectivity index (χ0v) is 18.6. The van der Waals surface area contributed by atoms with E-state index < -0.39 is 21.8 Å². The monoisotopic (exact) mass is 482 g/mol. The quantitative estimate of drug-likeness (QED) is 0.563. The number of sulfone groups is 1. The van der Waals surface area contributed by atoms with Crippen molar-refractivity contribution in [1.82, 2.24) is 19.8 Å². The lowest BCUT2D eigenvalue weighted by atomic mass is 9.95. The van der Waals surface area contributed by atoms with E-state index in [1.54, 1.807) is 25.2 Å². The van der Waals surface area contributed by atoms with Crippen LogP contribution in [0.2, 0.25) is 0 Å². The number of anilines is 2. The van der Waals surface area contributed by atoms with Crippen molar-refractivity contribution in [3.8, 4) is 0 Å². The molecule has 0 saturated carbocycles. The van der Waals surface area contributed by atoms with Crippen LogP contribution < -0.4 is 9.80 Å². The molecule has 1 aliphatic rings. The van der Waals surface area contributed by atoms with Gasteiger partial charge in [-0.05, 0) is 49.2 Å². The van der Waals surface area contributed by atoms with Crippen molar-refractivity contribution in [2.24, 2.45) is 5.92 Å². The molecule has 3 heterocycles. The van der Waals surface area contributed by atoms with Gasteiger partial charge in [0.25, 0.3) is 5.82 Å². The molecule has 0 bridgehead atoms. The molecule has 13 heteroatoms. The van der Waals surface area contributed by atoms with Crippen LogP contribution in [0.4, 0.5) is 24.7 Å². The largest absolute Gasteiger partial charge is 0.453 e. The second-order valence-electron chi connectivity index (χ2n) is 7.91. The number of benzene rings is 1. The predicted octanol–water partition coefficient (Wildman–Crippen LogP) is 2.43. The molecule has 0 N–H and O–H groups in total. The molecular formula is C20H21F3N6O3S. The molecule has 1 aromatic carbocycles. The third-order valence-corrected chi connectivity index (χ3v) is 6.78. The summed E-state index contributed by atoms with van der Waals surface area (Å²) in [6, 6.07) is 9.09. The van der Waals surface area contributed by atoms with Gasteiger partial charge in [-0.1, -0.05) is 0 Å². The normalized spacial score (nSPS) is 15.7. The summed E-state index contributed by atoms with van der Waals surface area (Å²) in [7, 11) is -1.70. The fourth-order valence-electron chi connectivity index (χ4n) is 3.80. The summed E-state index contributed by atoms with van der Waals surface area (Å²) in [5, 5.41) is 10.7. The Bertz CT molecular complexity index is 1280. The van der Waals surface area contributed by atoms with Gasteiger partial charge in [-0.15, -0.1) is 15.3 Å². The Kier molecular flexibility index (Phi) is 5.76.